The maximum absolute atomic E-state index is 9.62. The zero-order valence-corrected chi connectivity index (χ0v) is 18.6. The molecule has 0 spiro atoms. The summed E-state index contributed by atoms with van der Waals surface area (Å²) >= 11 is 2.80. The van der Waals surface area contributed by atoms with Gasteiger partial charge in [0.25, 0.3) is 0 Å². The lowest BCUT2D eigenvalue weighted by molar-refractivity contribution is 0.0954. The summed E-state index contributed by atoms with van der Waals surface area (Å²) in [7, 11) is 0. The van der Waals surface area contributed by atoms with Crippen LogP contribution in [0.15, 0.2) is 52.1 Å². The Morgan fingerprint density at radius 3 is 2.47 bits per heavy atom. The van der Waals surface area contributed by atoms with Gasteiger partial charge in [-0.2, -0.15) is 21.0 Å². The molecular weight excluding hydrogens is 438 g/mol. The molecule has 0 fully saturated rings. The van der Waals surface area contributed by atoms with Crippen LogP contribution in [0.4, 0.5) is 0 Å². The van der Waals surface area contributed by atoms with Gasteiger partial charge >= 0.3 is 0 Å². The number of thiophene rings is 2. The quantitative estimate of drug-likeness (QED) is 0.416. The first kappa shape index (κ1) is 22.3. The summed E-state index contributed by atoms with van der Waals surface area (Å²) in [4.78, 5) is 5.95. The lowest BCUT2D eigenvalue weighted by Gasteiger charge is -2.20. The van der Waals surface area contributed by atoms with Gasteiger partial charge in [0, 0.05) is 20.2 Å². The number of nitriles is 4. The van der Waals surface area contributed by atoms with Crippen LogP contribution in [0.3, 0.4) is 0 Å². The Labute approximate surface area is 193 Å². The summed E-state index contributed by atoms with van der Waals surface area (Å²) < 4.78 is 5.75. The predicted molar refractivity (Wildman–Crippen MR) is 123 cm³/mol. The molecule has 3 rings (SSSR count). The van der Waals surface area contributed by atoms with Gasteiger partial charge in [0.15, 0.2) is 11.3 Å². The molecule has 0 aliphatic carbocycles. The Kier molecular flexibility index (Phi) is 6.39. The van der Waals surface area contributed by atoms with Gasteiger partial charge in [-0.3, -0.25) is 0 Å². The van der Waals surface area contributed by atoms with Crippen LogP contribution in [0.25, 0.3) is 22.7 Å². The van der Waals surface area contributed by atoms with Gasteiger partial charge in [0.1, 0.15) is 35.5 Å². The molecule has 2 aromatic heterocycles. The molecule has 152 valence electrons. The minimum absolute atomic E-state index is 0.00325. The second-order valence-corrected chi connectivity index (χ2v) is 8.99. The van der Waals surface area contributed by atoms with Gasteiger partial charge in [-0.1, -0.05) is 12.1 Å². The highest BCUT2D eigenvalue weighted by atomic mass is 32.1. The van der Waals surface area contributed by atoms with Crippen LogP contribution in [0.2, 0.25) is 0 Å². The summed E-state index contributed by atoms with van der Waals surface area (Å²) in [6.45, 7) is 11.0. The van der Waals surface area contributed by atoms with Crippen molar-refractivity contribution in [3.8, 4) is 24.3 Å². The van der Waals surface area contributed by atoms with E-state index in [0.717, 1.165) is 14.6 Å². The fourth-order valence-electron chi connectivity index (χ4n) is 3.04. The maximum atomic E-state index is 9.62. The van der Waals surface area contributed by atoms with Gasteiger partial charge < -0.3 is 4.74 Å². The van der Waals surface area contributed by atoms with Crippen LogP contribution in [-0.4, -0.2) is 5.60 Å². The second-order valence-electron chi connectivity index (χ2n) is 6.93. The molecule has 8 heteroatoms. The van der Waals surface area contributed by atoms with Crippen molar-refractivity contribution >= 4 is 40.5 Å². The minimum Gasteiger partial charge on any atom is -0.480 e. The largest absolute Gasteiger partial charge is 0.480 e. The monoisotopic (exact) mass is 451 g/mol. The molecular formula is C24H13N5OS2. The van der Waals surface area contributed by atoms with Crippen molar-refractivity contribution in [3.63, 3.8) is 0 Å². The van der Waals surface area contributed by atoms with E-state index in [4.69, 9.17) is 21.8 Å². The molecule has 0 bridgehead atoms. The SMILES string of the molecule is [C-]#[N+]/C(=C\c1sccc1C#N)c1ccc(/C=C/C2=C(C#N)C(=C(C#N)C#N)OC2(C)C)s1. The lowest BCUT2D eigenvalue weighted by atomic mass is 9.94. The standard InChI is InChI=1S/C24H13N5OS2/c1-24(2)19(18(14-28)23(30-24)16(12-26)13-27)6-4-17-5-7-21(32-17)20(29-3)10-22-15(11-25)8-9-31-22/h4-10H,1-2H3/b6-4+,20-10-. The summed E-state index contributed by atoms with van der Waals surface area (Å²) in [6.07, 6.45) is 5.25. The second kappa shape index (κ2) is 9.18. The van der Waals surface area contributed by atoms with Crippen LogP contribution in [0, 0.1) is 51.9 Å². The Morgan fingerprint density at radius 2 is 1.84 bits per heavy atom. The molecule has 1 aliphatic rings. The number of hydrogen-bond acceptors (Lipinski definition) is 7. The molecule has 0 atom stereocenters. The average molecular weight is 452 g/mol. The predicted octanol–water partition coefficient (Wildman–Crippen LogP) is 6.04. The van der Waals surface area contributed by atoms with Crippen LogP contribution >= 0.6 is 22.7 Å². The fraction of sp³-hybridized carbons (Fsp3) is 0.125. The first-order valence-electron chi connectivity index (χ1n) is 9.12. The molecule has 6 nitrogen and oxygen atoms in total. The number of ether oxygens (including phenoxy) is 1. The van der Waals surface area contributed by atoms with Crippen LogP contribution in [0.5, 0.6) is 0 Å². The van der Waals surface area contributed by atoms with Gasteiger partial charge in [-0.15, -0.1) is 22.7 Å². The van der Waals surface area contributed by atoms with E-state index in [0.29, 0.717) is 16.8 Å². The van der Waals surface area contributed by atoms with E-state index < -0.39 is 5.60 Å². The molecule has 0 saturated carbocycles. The summed E-state index contributed by atoms with van der Waals surface area (Å²) in [5.41, 5.74) is 0.562. The highest BCUT2D eigenvalue weighted by Gasteiger charge is 2.38. The van der Waals surface area contributed by atoms with E-state index in [2.05, 4.69) is 10.9 Å². The normalized spacial score (nSPS) is 14.8. The van der Waals surface area contributed by atoms with Crippen LogP contribution in [0.1, 0.15) is 34.0 Å². The molecule has 0 unspecified atom stereocenters. The Bertz CT molecular complexity index is 1410. The minimum atomic E-state index is -0.885. The van der Waals surface area contributed by atoms with E-state index >= 15 is 0 Å². The Morgan fingerprint density at radius 1 is 1.09 bits per heavy atom. The van der Waals surface area contributed by atoms with E-state index in [1.54, 1.807) is 50.3 Å². The maximum Gasteiger partial charge on any atom is 0.205 e. The molecule has 0 N–H and O–H groups in total. The van der Waals surface area contributed by atoms with E-state index in [1.165, 1.54) is 22.7 Å². The number of nitrogens with zero attached hydrogens (tertiary/aromatic N) is 5. The third-order valence-corrected chi connectivity index (χ3v) is 6.50. The molecule has 0 aromatic carbocycles. The smallest absolute Gasteiger partial charge is 0.205 e. The number of rotatable bonds is 4. The van der Waals surface area contributed by atoms with Crippen molar-refractivity contribution in [2.75, 3.05) is 0 Å². The molecule has 2 aromatic rings. The summed E-state index contributed by atoms with van der Waals surface area (Å²) in [5, 5.41) is 38.9. The Hall–Kier alpha value is -4.39. The summed E-state index contributed by atoms with van der Waals surface area (Å²) in [5.74, 6) is -0.00325. The number of hydrogen-bond donors (Lipinski definition) is 0. The third-order valence-electron chi connectivity index (χ3n) is 4.56. The molecule has 3 heterocycles. The van der Waals surface area contributed by atoms with Gasteiger partial charge in [-0.25, -0.2) is 4.85 Å². The zero-order chi connectivity index (χ0) is 23.3. The molecule has 0 saturated heterocycles. The van der Waals surface area contributed by atoms with Crippen LogP contribution < -0.4 is 0 Å². The average Bonchev–Trinajstić information content (AvgIpc) is 3.48. The van der Waals surface area contributed by atoms with Crippen molar-refractivity contribution in [1.82, 2.24) is 0 Å². The highest BCUT2D eigenvalue weighted by molar-refractivity contribution is 7.14. The van der Waals surface area contributed by atoms with E-state index in [-0.39, 0.29) is 16.9 Å². The first-order chi connectivity index (χ1) is 15.4. The molecule has 32 heavy (non-hydrogen) atoms. The van der Waals surface area contributed by atoms with E-state index in [9.17, 15) is 10.5 Å². The lowest BCUT2D eigenvalue weighted by Crippen LogP contribution is -2.20. The van der Waals surface area contributed by atoms with Gasteiger partial charge in [-0.05, 0) is 43.5 Å². The number of allylic oxidation sites excluding steroid dienone is 2. The fourth-order valence-corrected chi connectivity index (χ4v) is 4.68. The third kappa shape index (κ3) is 4.22. The zero-order valence-electron chi connectivity index (χ0n) is 17.0. The van der Waals surface area contributed by atoms with Crippen LogP contribution in [-0.2, 0) is 4.74 Å². The van der Waals surface area contributed by atoms with Gasteiger partial charge in [0.2, 0.25) is 5.70 Å². The van der Waals surface area contributed by atoms with Gasteiger partial charge in [0.05, 0.1) is 12.1 Å². The van der Waals surface area contributed by atoms with Crippen molar-refractivity contribution in [2.45, 2.75) is 19.4 Å². The van der Waals surface area contributed by atoms with Crippen molar-refractivity contribution in [1.29, 1.82) is 21.0 Å². The first-order valence-corrected chi connectivity index (χ1v) is 10.8. The molecule has 0 radical (unpaired) electrons. The Balaban J connectivity index is 1.97. The van der Waals surface area contributed by atoms with Crippen molar-refractivity contribution in [2.24, 2.45) is 0 Å². The molecule has 0 amide bonds. The van der Waals surface area contributed by atoms with Crippen molar-refractivity contribution < 1.29 is 4.74 Å². The topological polar surface area (TPSA) is 109 Å². The highest BCUT2D eigenvalue weighted by Crippen LogP contribution is 2.40. The summed E-state index contributed by atoms with van der Waals surface area (Å²) in [6, 6.07) is 13.1. The van der Waals surface area contributed by atoms with E-state index in [1.807, 2.05) is 23.6 Å². The van der Waals surface area contributed by atoms with Crippen molar-refractivity contribution in [3.05, 3.63) is 83.7 Å². The molecule has 1 aliphatic heterocycles.